The molecule has 0 unspecified atom stereocenters. The Hall–Kier alpha value is -1.91. The largest absolute Gasteiger partial charge is 0.340 e. The fourth-order valence-electron chi connectivity index (χ4n) is 3.10. The van der Waals surface area contributed by atoms with Crippen molar-refractivity contribution >= 4 is 17.5 Å². The van der Waals surface area contributed by atoms with Crippen LogP contribution < -0.4 is 0 Å². The Morgan fingerprint density at radius 1 is 1.00 bits per heavy atom. The molecule has 3 rings (SSSR count). The molecule has 25 heavy (non-hydrogen) atoms. The summed E-state index contributed by atoms with van der Waals surface area (Å²) in [5.41, 5.74) is 1.83. The van der Waals surface area contributed by atoms with Gasteiger partial charge in [0.25, 0.3) is 0 Å². The first-order valence-electron chi connectivity index (χ1n) is 8.60. The first-order chi connectivity index (χ1) is 12.1. The van der Waals surface area contributed by atoms with Gasteiger partial charge in [-0.3, -0.25) is 9.69 Å². The Kier molecular flexibility index (Phi) is 6.05. The average Bonchev–Trinajstić information content (AvgIpc) is 2.63. The van der Waals surface area contributed by atoms with E-state index in [1.165, 1.54) is 11.6 Å². The number of aryl methyl sites for hydroxylation is 1. The van der Waals surface area contributed by atoms with Crippen LogP contribution in [0.2, 0.25) is 5.02 Å². The molecule has 0 atom stereocenters. The smallest absolute Gasteiger partial charge is 0.222 e. The van der Waals surface area contributed by atoms with Gasteiger partial charge in [-0.2, -0.15) is 0 Å². The van der Waals surface area contributed by atoms with Crippen LogP contribution in [-0.2, 0) is 17.8 Å². The third-order valence-electron chi connectivity index (χ3n) is 4.61. The van der Waals surface area contributed by atoms with Crippen LogP contribution in [0.15, 0.2) is 48.5 Å². The Labute approximate surface area is 153 Å². The van der Waals surface area contributed by atoms with Gasteiger partial charge in [-0.25, -0.2) is 4.39 Å². The van der Waals surface area contributed by atoms with E-state index < -0.39 is 0 Å². The van der Waals surface area contributed by atoms with E-state index in [9.17, 15) is 9.18 Å². The number of piperazine rings is 1. The topological polar surface area (TPSA) is 23.6 Å². The highest BCUT2D eigenvalue weighted by Crippen LogP contribution is 2.14. The standard InChI is InChI=1S/C20H22ClFN2O/c21-18-8-5-16(6-9-18)15-23-11-13-24(14-12-23)20(25)10-7-17-3-1-2-4-19(17)22/h1-6,8-9H,7,10-15H2. The van der Waals surface area contributed by atoms with Gasteiger partial charge >= 0.3 is 0 Å². The van der Waals surface area contributed by atoms with Crippen molar-refractivity contribution in [3.05, 3.63) is 70.5 Å². The lowest BCUT2D eigenvalue weighted by Crippen LogP contribution is -2.48. The first-order valence-corrected chi connectivity index (χ1v) is 8.97. The first kappa shape index (κ1) is 17.9. The second-order valence-corrected chi connectivity index (χ2v) is 6.81. The van der Waals surface area contributed by atoms with Gasteiger partial charge in [0.15, 0.2) is 0 Å². The number of nitrogens with zero attached hydrogens (tertiary/aromatic N) is 2. The maximum absolute atomic E-state index is 13.6. The van der Waals surface area contributed by atoms with Crippen LogP contribution in [0.5, 0.6) is 0 Å². The summed E-state index contributed by atoms with van der Waals surface area (Å²) < 4.78 is 13.6. The lowest BCUT2D eigenvalue weighted by Gasteiger charge is -2.34. The molecule has 0 aliphatic carbocycles. The molecule has 1 aliphatic heterocycles. The van der Waals surface area contributed by atoms with Gasteiger partial charge in [-0.15, -0.1) is 0 Å². The quantitative estimate of drug-likeness (QED) is 0.810. The highest BCUT2D eigenvalue weighted by atomic mass is 35.5. The van der Waals surface area contributed by atoms with Crippen LogP contribution in [0.1, 0.15) is 17.5 Å². The predicted octanol–water partition coefficient (Wildman–Crippen LogP) is 3.76. The van der Waals surface area contributed by atoms with Crippen molar-refractivity contribution in [2.75, 3.05) is 26.2 Å². The molecule has 0 N–H and O–H groups in total. The summed E-state index contributed by atoms with van der Waals surface area (Å²) in [5.74, 6) is -0.127. The van der Waals surface area contributed by atoms with E-state index in [-0.39, 0.29) is 11.7 Å². The average molecular weight is 361 g/mol. The Bertz CT molecular complexity index is 712. The van der Waals surface area contributed by atoms with E-state index in [0.29, 0.717) is 18.4 Å². The molecule has 2 aromatic rings. The number of benzene rings is 2. The van der Waals surface area contributed by atoms with Crippen LogP contribution in [0, 0.1) is 5.82 Å². The minimum atomic E-state index is -0.233. The van der Waals surface area contributed by atoms with Gasteiger partial charge in [-0.05, 0) is 35.7 Å². The number of halogens is 2. The second-order valence-electron chi connectivity index (χ2n) is 6.37. The summed E-state index contributed by atoms with van der Waals surface area (Å²) in [6, 6.07) is 14.5. The molecule has 1 aliphatic rings. The van der Waals surface area contributed by atoms with Crippen molar-refractivity contribution in [1.29, 1.82) is 0 Å². The lowest BCUT2D eigenvalue weighted by molar-refractivity contribution is -0.133. The summed E-state index contributed by atoms with van der Waals surface area (Å²) in [6.07, 6.45) is 0.814. The Morgan fingerprint density at radius 2 is 1.68 bits per heavy atom. The van der Waals surface area contributed by atoms with E-state index in [1.54, 1.807) is 18.2 Å². The van der Waals surface area contributed by atoms with Crippen molar-refractivity contribution in [3.63, 3.8) is 0 Å². The Morgan fingerprint density at radius 3 is 2.36 bits per heavy atom. The minimum Gasteiger partial charge on any atom is -0.340 e. The molecular weight excluding hydrogens is 339 g/mol. The molecule has 1 saturated heterocycles. The van der Waals surface area contributed by atoms with Crippen molar-refractivity contribution in [2.45, 2.75) is 19.4 Å². The van der Waals surface area contributed by atoms with Crippen LogP contribution in [0.25, 0.3) is 0 Å². The van der Waals surface area contributed by atoms with E-state index in [0.717, 1.165) is 37.7 Å². The fourth-order valence-corrected chi connectivity index (χ4v) is 3.23. The monoisotopic (exact) mass is 360 g/mol. The van der Waals surface area contributed by atoms with E-state index in [4.69, 9.17) is 11.6 Å². The number of rotatable bonds is 5. The highest BCUT2D eigenvalue weighted by Gasteiger charge is 2.21. The lowest BCUT2D eigenvalue weighted by atomic mass is 10.1. The van der Waals surface area contributed by atoms with Crippen molar-refractivity contribution in [2.24, 2.45) is 0 Å². The maximum Gasteiger partial charge on any atom is 0.222 e. The number of hydrogen-bond donors (Lipinski definition) is 0. The zero-order valence-corrected chi connectivity index (χ0v) is 14.9. The summed E-state index contributed by atoms with van der Waals surface area (Å²) >= 11 is 5.91. The molecule has 2 aromatic carbocycles. The number of hydrogen-bond acceptors (Lipinski definition) is 2. The number of carbonyl (C=O) groups excluding carboxylic acids is 1. The fraction of sp³-hybridized carbons (Fsp3) is 0.350. The predicted molar refractivity (Wildman–Crippen MR) is 98.0 cm³/mol. The molecule has 0 spiro atoms. The molecule has 5 heteroatoms. The molecule has 0 bridgehead atoms. The van der Waals surface area contributed by atoms with Crippen molar-refractivity contribution < 1.29 is 9.18 Å². The van der Waals surface area contributed by atoms with Gasteiger partial charge in [-0.1, -0.05) is 41.9 Å². The maximum atomic E-state index is 13.6. The van der Waals surface area contributed by atoms with Gasteiger partial charge in [0.2, 0.25) is 5.91 Å². The highest BCUT2D eigenvalue weighted by molar-refractivity contribution is 6.30. The molecule has 1 fully saturated rings. The van der Waals surface area contributed by atoms with Crippen molar-refractivity contribution in [1.82, 2.24) is 9.80 Å². The van der Waals surface area contributed by atoms with Gasteiger partial charge in [0, 0.05) is 44.2 Å². The van der Waals surface area contributed by atoms with E-state index in [1.807, 2.05) is 29.2 Å². The summed E-state index contributed by atoms with van der Waals surface area (Å²) in [7, 11) is 0. The van der Waals surface area contributed by atoms with Crippen LogP contribution in [0.4, 0.5) is 4.39 Å². The SMILES string of the molecule is O=C(CCc1ccccc1F)N1CCN(Cc2ccc(Cl)cc2)CC1. The molecule has 0 saturated carbocycles. The Balaban J connectivity index is 1.44. The second kappa shape index (κ2) is 8.45. The van der Waals surface area contributed by atoms with Crippen LogP contribution in [-0.4, -0.2) is 41.9 Å². The van der Waals surface area contributed by atoms with Crippen LogP contribution in [0.3, 0.4) is 0 Å². The minimum absolute atomic E-state index is 0.106. The molecule has 1 heterocycles. The molecule has 3 nitrogen and oxygen atoms in total. The van der Waals surface area contributed by atoms with Gasteiger partial charge < -0.3 is 4.90 Å². The molecule has 0 radical (unpaired) electrons. The van der Waals surface area contributed by atoms with Crippen molar-refractivity contribution in [3.8, 4) is 0 Å². The third-order valence-corrected chi connectivity index (χ3v) is 4.86. The zero-order chi connectivity index (χ0) is 17.6. The number of carbonyl (C=O) groups is 1. The summed E-state index contributed by atoms with van der Waals surface area (Å²) in [5, 5.41) is 0.744. The third kappa shape index (κ3) is 5.03. The van der Waals surface area contributed by atoms with Crippen LogP contribution >= 0.6 is 11.6 Å². The molecule has 0 aromatic heterocycles. The summed E-state index contributed by atoms with van der Waals surface area (Å²) in [4.78, 5) is 16.6. The normalized spacial score (nSPS) is 15.4. The van der Waals surface area contributed by atoms with Gasteiger partial charge in [0.1, 0.15) is 5.82 Å². The van der Waals surface area contributed by atoms with Gasteiger partial charge in [0.05, 0.1) is 0 Å². The molecular formula is C20H22ClFN2O. The molecule has 132 valence electrons. The molecule has 1 amide bonds. The van der Waals surface area contributed by atoms with E-state index in [2.05, 4.69) is 4.90 Å². The number of amides is 1. The zero-order valence-electron chi connectivity index (χ0n) is 14.1. The summed E-state index contributed by atoms with van der Waals surface area (Å²) in [6.45, 7) is 4.03. The van der Waals surface area contributed by atoms with E-state index >= 15 is 0 Å².